The molecule has 0 spiro atoms. The maximum atomic E-state index is 5.79. The van der Waals surface area contributed by atoms with Crippen molar-refractivity contribution in [2.24, 2.45) is 4.99 Å². The fourth-order valence-corrected chi connectivity index (χ4v) is 2.52. The number of aliphatic imine (C=N–C) groups is 1. The Hall–Kier alpha value is -1.35. The zero-order valence-electron chi connectivity index (χ0n) is 14.8. The average Bonchev–Trinajstić information content (AvgIpc) is 3.01. The number of rotatable bonds is 7. The van der Waals surface area contributed by atoms with Crippen molar-refractivity contribution in [1.29, 1.82) is 0 Å². The topological polar surface area (TPSA) is 75.3 Å². The Bertz CT molecular complexity index is 651. The zero-order valence-corrected chi connectivity index (χ0v) is 17.9. The highest BCUT2D eigenvalue weighted by Gasteiger charge is 2.13. The summed E-state index contributed by atoms with van der Waals surface area (Å²) in [7, 11) is 1.76. The van der Waals surface area contributed by atoms with Gasteiger partial charge in [-0.1, -0.05) is 36.7 Å². The highest BCUT2D eigenvalue weighted by Crippen LogP contribution is 2.15. The molecular weight excluding hydrogens is 453 g/mol. The van der Waals surface area contributed by atoms with E-state index in [1.807, 2.05) is 6.07 Å². The Balaban J connectivity index is 0.00000312. The van der Waals surface area contributed by atoms with Crippen molar-refractivity contribution in [3.63, 3.8) is 0 Å². The van der Waals surface area contributed by atoms with Crippen LogP contribution >= 0.6 is 35.6 Å². The van der Waals surface area contributed by atoms with E-state index in [9.17, 15) is 0 Å². The van der Waals surface area contributed by atoms with E-state index in [2.05, 4.69) is 39.6 Å². The number of nitrogens with one attached hydrogen (secondary N) is 2. The standard InChI is InChI=1S/C17H24ClN5O.HI/c1-4-14-13(15(5-2)24-23-14)11-22-17(19-3)20-9-8-12-6-7-16(18)21-10-12;/h6-7,10H,4-5,8-9,11H2,1-3H3,(H2,19,20,22);1H. The number of hydrogen-bond acceptors (Lipinski definition) is 4. The summed E-state index contributed by atoms with van der Waals surface area (Å²) in [6, 6.07) is 3.78. The second-order valence-electron chi connectivity index (χ2n) is 5.33. The zero-order chi connectivity index (χ0) is 17.4. The van der Waals surface area contributed by atoms with Crippen LogP contribution in [-0.4, -0.2) is 29.7 Å². The van der Waals surface area contributed by atoms with Gasteiger partial charge in [0.25, 0.3) is 0 Å². The number of nitrogens with zero attached hydrogens (tertiary/aromatic N) is 3. The number of hydrogen-bond donors (Lipinski definition) is 2. The Morgan fingerprint density at radius 2 is 2.04 bits per heavy atom. The van der Waals surface area contributed by atoms with Gasteiger partial charge in [0.2, 0.25) is 0 Å². The minimum Gasteiger partial charge on any atom is -0.361 e. The smallest absolute Gasteiger partial charge is 0.191 e. The molecule has 0 aromatic carbocycles. The molecule has 2 N–H and O–H groups in total. The Morgan fingerprint density at radius 1 is 1.24 bits per heavy atom. The molecule has 0 bridgehead atoms. The van der Waals surface area contributed by atoms with Crippen LogP contribution in [0.15, 0.2) is 27.8 Å². The van der Waals surface area contributed by atoms with Crippen LogP contribution in [0.1, 0.15) is 36.4 Å². The maximum Gasteiger partial charge on any atom is 0.191 e. The molecule has 0 amide bonds. The van der Waals surface area contributed by atoms with Gasteiger partial charge in [0.1, 0.15) is 10.9 Å². The second-order valence-corrected chi connectivity index (χ2v) is 5.72. The summed E-state index contributed by atoms with van der Waals surface area (Å²) in [5.74, 6) is 1.68. The Morgan fingerprint density at radius 3 is 2.64 bits per heavy atom. The van der Waals surface area contributed by atoms with Crippen LogP contribution in [0, 0.1) is 0 Å². The molecule has 0 aliphatic heterocycles. The summed E-state index contributed by atoms with van der Waals surface area (Å²) in [5, 5.41) is 11.3. The lowest BCUT2D eigenvalue weighted by Crippen LogP contribution is -2.38. The summed E-state index contributed by atoms with van der Waals surface area (Å²) in [6.07, 6.45) is 4.33. The SMILES string of the molecule is CCc1noc(CC)c1CNC(=NC)NCCc1ccc(Cl)nc1.I. The van der Waals surface area contributed by atoms with Gasteiger partial charge in [-0.3, -0.25) is 4.99 Å². The Labute approximate surface area is 170 Å². The van der Waals surface area contributed by atoms with Crippen LogP contribution < -0.4 is 10.6 Å². The first-order valence-corrected chi connectivity index (χ1v) is 8.56. The van der Waals surface area contributed by atoms with Crippen LogP contribution in [0.5, 0.6) is 0 Å². The van der Waals surface area contributed by atoms with E-state index >= 15 is 0 Å². The minimum atomic E-state index is 0. The van der Waals surface area contributed by atoms with E-state index in [0.29, 0.717) is 11.7 Å². The number of guanidine groups is 1. The van der Waals surface area contributed by atoms with Crippen molar-refractivity contribution in [2.45, 2.75) is 39.7 Å². The second kappa shape index (κ2) is 11.3. The highest BCUT2D eigenvalue weighted by atomic mass is 127. The average molecular weight is 478 g/mol. The first-order valence-electron chi connectivity index (χ1n) is 8.19. The van der Waals surface area contributed by atoms with Gasteiger partial charge in [-0.2, -0.15) is 0 Å². The van der Waals surface area contributed by atoms with Crippen molar-refractivity contribution in [1.82, 2.24) is 20.8 Å². The van der Waals surface area contributed by atoms with Gasteiger partial charge < -0.3 is 15.2 Å². The first-order chi connectivity index (χ1) is 11.7. The molecule has 8 heteroatoms. The van der Waals surface area contributed by atoms with E-state index in [-0.39, 0.29) is 24.0 Å². The molecule has 138 valence electrons. The molecule has 0 unspecified atom stereocenters. The van der Waals surface area contributed by atoms with Gasteiger partial charge >= 0.3 is 0 Å². The molecule has 2 aromatic heterocycles. The monoisotopic (exact) mass is 477 g/mol. The van der Waals surface area contributed by atoms with Gasteiger partial charge in [-0.05, 0) is 24.5 Å². The number of aryl methyl sites for hydroxylation is 2. The van der Waals surface area contributed by atoms with Gasteiger partial charge in [0.15, 0.2) is 5.96 Å². The number of halogens is 2. The molecule has 0 radical (unpaired) electrons. The third-order valence-electron chi connectivity index (χ3n) is 3.76. The van der Waals surface area contributed by atoms with Crippen LogP contribution in [-0.2, 0) is 25.8 Å². The molecule has 0 atom stereocenters. The van der Waals surface area contributed by atoms with E-state index in [1.54, 1.807) is 19.3 Å². The van der Waals surface area contributed by atoms with E-state index in [4.69, 9.17) is 16.1 Å². The lowest BCUT2D eigenvalue weighted by Gasteiger charge is -2.12. The van der Waals surface area contributed by atoms with Crippen molar-refractivity contribution >= 4 is 41.5 Å². The summed E-state index contributed by atoms with van der Waals surface area (Å²) in [5.41, 5.74) is 3.26. The van der Waals surface area contributed by atoms with Gasteiger partial charge in [-0.25, -0.2) is 4.98 Å². The molecule has 0 aliphatic carbocycles. The predicted molar refractivity (Wildman–Crippen MR) is 112 cm³/mol. The van der Waals surface area contributed by atoms with Gasteiger partial charge in [0, 0.05) is 38.3 Å². The quantitative estimate of drug-likeness (QED) is 0.277. The third-order valence-corrected chi connectivity index (χ3v) is 3.98. The first kappa shape index (κ1) is 21.7. The highest BCUT2D eigenvalue weighted by molar-refractivity contribution is 14.0. The molecule has 0 aliphatic rings. The van der Waals surface area contributed by atoms with E-state index in [0.717, 1.165) is 54.3 Å². The summed E-state index contributed by atoms with van der Waals surface area (Å²) in [6.45, 7) is 5.55. The molecule has 0 saturated heterocycles. The number of pyridine rings is 1. The lowest BCUT2D eigenvalue weighted by molar-refractivity contribution is 0.380. The summed E-state index contributed by atoms with van der Waals surface area (Å²) < 4.78 is 5.38. The van der Waals surface area contributed by atoms with Crippen LogP contribution in [0.25, 0.3) is 0 Å². The molecular formula is C17H25ClIN5O. The van der Waals surface area contributed by atoms with E-state index < -0.39 is 0 Å². The van der Waals surface area contributed by atoms with Gasteiger partial charge in [0.05, 0.1) is 5.69 Å². The molecule has 0 saturated carbocycles. The lowest BCUT2D eigenvalue weighted by atomic mass is 10.1. The third kappa shape index (κ3) is 6.47. The van der Waals surface area contributed by atoms with Crippen molar-refractivity contribution in [3.05, 3.63) is 46.1 Å². The minimum absolute atomic E-state index is 0. The molecule has 2 heterocycles. The molecule has 6 nitrogen and oxygen atoms in total. The van der Waals surface area contributed by atoms with Crippen molar-refractivity contribution in [3.8, 4) is 0 Å². The molecule has 25 heavy (non-hydrogen) atoms. The fraction of sp³-hybridized carbons (Fsp3) is 0.471. The van der Waals surface area contributed by atoms with Crippen LogP contribution in [0.3, 0.4) is 0 Å². The normalized spacial score (nSPS) is 11.1. The largest absolute Gasteiger partial charge is 0.361 e. The van der Waals surface area contributed by atoms with Crippen LogP contribution in [0.2, 0.25) is 5.15 Å². The summed E-state index contributed by atoms with van der Waals surface area (Å²) in [4.78, 5) is 8.33. The van der Waals surface area contributed by atoms with Gasteiger partial charge in [-0.15, -0.1) is 24.0 Å². The Kier molecular flexibility index (Phi) is 9.81. The number of aromatic nitrogens is 2. The molecule has 2 aromatic rings. The summed E-state index contributed by atoms with van der Waals surface area (Å²) >= 11 is 5.79. The van der Waals surface area contributed by atoms with Crippen LogP contribution in [0.4, 0.5) is 0 Å². The predicted octanol–water partition coefficient (Wildman–Crippen LogP) is 3.37. The maximum absolute atomic E-state index is 5.79. The van der Waals surface area contributed by atoms with Crippen molar-refractivity contribution in [2.75, 3.05) is 13.6 Å². The fourth-order valence-electron chi connectivity index (χ4n) is 2.41. The molecule has 2 rings (SSSR count). The van der Waals surface area contributed by atoms with E-state index in [1.165, 1.54) is 0 Å². The van der Waals surface area contributed by atoms with Crippen molar-refractivity contribution < 1.29 is 4.52 Å². The molecule has 0 fully saturated rings.